The molecule has 3 aromatic rings. The predicted octanol–water partition coefficient (Wildman–Crippen LogP) is 5.70. The Hall–Kier alpha value is -2.69. The van der Waals surface area contributed by atoms with Crippen LogP contribution in [0.3, 0.4) is 0 Å². The third-order valence-corrected chi connectivity index (χ3v) is 7.47. The zero-order chi connectivity index (χ0) is 23.5. The minimum atomic E-state index is 0.00312. The minimum Gasteiger partial charge on any atom is -0.385 e. The molecule has 1 saturated heterocycles. The van der Waals surface area contributed by atoms with Gasteiger partial charge in [0.1, 0.15) is 0 Å². The lowest BCUT2D eigenvalue weighted by Crippen LogP contribution is -2.47. The molecule has 0 bridgehead atoms. The highest BCUT2D eigenvalue weighted by molar-refractivity contribution is 6.31. The molecule has 0 aliphatic carbocycles. The van der Waals surface area contributed by atoms with E-state index in [0.29, 0.717) is 0 Å². The van der Waals surface area contributed by atoms with Crippen molar-refractivity contribution in [1.82, 2.24) is 5.32 Å². The van der Waals surface area contributed by atoms with Gasteiger partial charge in [0.25, 0.3) is 0 Å². The number of halogens is 1. The Morgan fingerprint density at radius 1 is 0.971 bits per heavy atom. The van der Waals surface area contributed by atoms with Gasteiger partial charge in [-0.25, -0.2) is 0 Å². The molecule has 5 rings (SSSR count). The summed E-state index contributed by atoms with van der Waals surface area (Å²) in [7, 11) is 0. The van der Waals surface area contributed by atoms with Gasteiger partial charge in [0, 0.05) is 73.3 Å². The second-order valence-corrected chi connectivity index (χ2v) is 10.3. The van der Waals surface area contributed by atoms with E-state index in [9.17, 15) is 0 Å². The fourth-order valence-electron chi connectivity index (χ4n) is 5.54. The lowest BCUT2D eigenvalue weighted by Gasteiger charge is -2.45. The maximum Gasteiger partial charge on any atom is 0.0447 e. The first-order valence-electron chi connectivity index (χ1n) is 12.5. The highest BCUT2D eigenvalue weighted by Crippen LogP contribution is 2.45. The highest BCUT2D eigenvalue weighted by atomic mass is 35.5. The normalized spacial score (nSPS) is 20.2. The molecule has 2 aliphatic heterocycles. The number of nitrogens with zero attached hydrogens (tertiary/aromatic N) is 2. The van der Waals surface area contributed by atoms with Gasteiger partial charge in [-0.3, -0.25) is 0 Å². The van der Waals surface area contributed by atoms with Gasteiger partial charge in [-0.05, 0) is 54.3 Å². The quantitative estimate of drug-likeness (QED) is 0.479. The van der Waals surface area contributed by atoms with E-state index in [4.69, 9.17) is 11.6 Å². The molecule has 0 aromatic heterocycles. The van der Waals surface area contributed by atoms with E-state index in [2.05, 4.69) is 101 Å². The Morgan fingerprint density at radius 2 is 1.68 bits per heavy atom. The number of hydrogen-bond acceptors (Lipinski definition) is 4. The number of anilines is 3. The third-order valence-electron chi connectivity index (χ3n) is 7.25. The number of hydrogen-bond donors (Lipinski definition) is 2. The monoisotopic (exact) mass is 474 g/mol. The van der Waals surface area contributed by atoms with Gasteiger partial charge in [-0.2, -0.15) is 0 Å². The first-order chi connectivity index (χ1) is 16.6. The Bertz CT molecular complexity index is 1110. The van der Waals surface area contributed by atoms with Crippen LogP contribution < -0.4 is 20.4 Å². The molecule has 2 aliphatic rings. The third kappa shape index (κ3) is 4.75. The van der Waals surface area contributed by atoms with Crippen LogP contribution in [-0.4, -0.2) is 39.3 Å². The molecular weight excluding hydrogens is 440 g/mol. The number of fused-ring (bicyclic) bond motifs is 1. The van der Waals surface area contributed by atoms with Gasteiger partial charge >= 0.3 is 0 Å². The molecule has 3 aromatic carbocycles. The molecule has 2 heterocycles. The highest BCUT2D eigenvalue weighted by Gasteiger charge is 2.38. The molecule has 4 nitrogen and oxygen atoms in total. The minimum absolute atomic E-state index is 0.00312. The SMILES string of the molecule is CCNc1ccc(C2(C)Cc3c(N4CCNCC4)cc(Cl)cc3N(Cc3ccccc3)C2)cc1. The molecule has 2 N–H and O–H groups in total. The number of rotatable bonds is 6. The first kappa shape index (κ1) is 23.1. The van der Waals surface area contributed by atoms with E-state index in [-0.39, 0.29) is 5.41 Å². The fraction of sp³-hybridized carbons (Fsp3) is 0.379. The van der Waals surface area contributed by atoms with Crippen LogP contribution in [0.5, 0.6) is 0 Å². The average Bonchev–Trinajstić information content (AvgIpc) is 2.86. The summed E-state index contributed by atoms with van der Waals surface area (Å²) in [6, 6.07) is 24.2. The molecule has 0 amide bonds. The van der Waals surface area contributed by atoms with Crippen molar-refractivity contribution in [2.24, 2.45) is 0 Å². The lowest BCUT2D eigenvalue weighted by molar-refractivity contribution is 0.439. The summed E-state index contributed by atoms with van der Waals surface area (Å²) in [5.41, 5.74) is 7.91. The molecule has 34 heavy (non-hydrogen) atoms. The van der Waals surface area contributed by atoms with Crippen molar-refractivity contribution in [3.05, 3.63) is 88.4 Å². The van der Waals surface area contributed by atoms with E-state index in [1.165, 1.54) is 33.8 Å². The van der Waals surface area contributed by atoms with Crippen LogP contribution in [0.15, 0.2) is 66.7 Å². The molecular formula is C29H35ClN4. The van der Waals surface area contributed by atoms with Crippen molar-refractivity contribution in [2.75, 3.05) is 54.4 Å². The molecule has 0 spiro atoms. The summed E-state index contributed by atoms with van der Waals surface area (Å²) in [4.78, 5) is 5.06. The molecule has 178 valence electrons. The summed E-state index contributed by atoms with van der Waals surface area (Å²) < 4.78 is 0. The summed E-state index contributed by atoms with van der Waals surface area (Å²) in [5.74, 6) is 0. The Balaban J connectivity index is 1.58. The molecule has 1 atom stereocenters. The second kappa shape index (κ2) is 9.89. The van der Waals surface area contributed by atoms with Crippen LogP contribution >= 0.6 is 11.6 Å². The van der Waals surface area contributed by atoms with Crippen LogP contribution in [-0.2, 0) is 18.4 Å². The maximum atomic E-state index is 6.73. The van der Waals surface area contributed by atoms with Crippen LogP contribution in [0.4, 0.5) is 17.1 Å². The van der Waals surface area contributed by atoms with Crippen LogP contribution in [0.2, 0.25) is 5.02 Å². The Kier molecular flexibility index (Phi) is 6.71. The van der Waals surface area contributed by atoms with Gasteiger partial charge in [0.15, 0.2) is 0 Å². The van der Waals surface area contributed by atoms with E-state index in [1.54, 1.807) is 0 Å². The topological polar surface area (TPSA) is 30.5 Å². The Labute approximate surface area is 208 Å². The lowest BCUT2D eigenvalue weighted by atomic mass is 9.73. The smallest absolute Gasteiger partial charge is 0.0447 e. The molecule has 0 radical (unpaired) electrons. The second-order valence-electron chi connectivity index (χ2n) is 9.85. The summed E-state index contributed by atoms with van der Waals surface area (Å²) in [5, 5.41) is 7.74. The summed E-state index contributed by atoms with van der Waals surface area (Å²) in [6.07, 6.45) is 1.00. The number of nitrogens with one attached hydrogen (secondary N) is 2. The number of benzene rings is 3. The van der Waals surface area contributed by atoms with Gasteiger partial charge in [-0.15, -0.1) is 0 Å². The largest absolute Gasteiger partial charge is 0.385 e. The van der Waals surface area contributed by atoms with Crippen molar-refractivity contribution in [3.63, 3.8) is 0 Å². The van der Waals surface area contributed by atoms with E-state index >= 15 is 0 Å². The van der Waals surface area contributed by atoms with Crippen molar-refractivity contribution in [1.29, 1.82) is 0 Å². The van der Waals surface area contributed by atoms with E-state index in [0.717, 1.165) is 57.3 Å². The van der Waals surface area contributed by atoms with Gasteiger partial charge < -0.3 is 20.4 Å². The van der Waals surface area contributed by atoms with Gasteiger partial charge in [-0.1, -0.05) is 61.0 Å². The van der Waals surface area contributed by atoms with E-state index in [1.807, 2.05) is 0 Å². The maximum absolute atomic E-state index is 6.73. The van der Waals surface area contributed by atoms with E-state index < -0.39 is 0 Å². The van der Waals surface area contributed by atoms with Crippen molar-refractivity contribution < 1.29 is 0 Å². The summed E-state index contributed by atoms with van der Waals surface area (Å²) in [6.45, 7) is 11.4. The zero-order valence-corrected chi connectivity index (χ0v) is 21.0. The molecule has 5 heteroatoms. The first-order valence-corrected chi connectivity index (χ1v) is 12.8. The molecule has 1 fully saturated rings. The molecule has 1 unspecified atom stereocenters. The van der Waals surface area contributed by atoms with Gasteiger partial charge in [0.05, 0.1) is 0 Å². The van der Waals surface area contributed by atoms with Crippen LogP contribution in [0.25, 0.3) is 0 Å². The van der Waals surface area contributed by atoms with Crippen molar-refractivity contribution in [2.45, 2.75) is 32.2 Å². The van der Waals surface area contributed by atoms with Crippen molar-refractivity contribution >= 4 is 28.7 Å². The summed E-state index contributed by atoms with van der Waals surface area (Å²) >= 11 is 6.73. The fourth-order valence-corrected chi connectivity index (χ4v) is 5.75. The standard InChI is InChI=1S/C29H35ClN4/c1-3-32-25-11-9-23(10-12-25)29(2)19-26-27(33-15-13-31-14-16-33)17-24(30)18-28(26)34(21-29)20-22-7-5-4-6-8-22/h4-12,17-18,31-32H,3,13-16,19-21H2,1-2H3. The molecule has 0 saturated carbocycles. The zero-order valence-electron chi connectivity index (χ0n) is 20.3. The Morgan fingerprint density at radius 3 is 2.38 bits per heavy atom. The van der Waals surface area contributed by atoms with Crippen molar-refractivity contribution in [3.8, 4) is 0 Å². The van der Waals surface area contributed by atoms with Gasteiger partial charge in [0.2, 0.25) is 0 Å². The average molecular weight is 475 g/mol. The van der Waals surface area contributed by atoms with Crippen LogP contribution in [0, 0.1) is 0 Å². The number of piperazine rings is 1. The predicted molar refractivity (Wildman–Crippen MR) is 146 cm³/mol. The van der Waals surface area contributed by atoms with Crippen LogP contribution in [0.1, 0.15) is 30.5 Å².